The fourth-order valence-corrected chi connectivity index (χ4v) is 5.04. The number of hydrogen-bond acceptors (Lipinski definition) is 4. The highest BCUT2D eigenvalue weighted by Gasteiger charge is 2.27. The van der Waals surface area contributed by atoms with Gasteiger partial charge in [-0.15, -0.1) is 0 Å². The SMILES string of the molecule is COc1ccc(S(=O)(=O)N(CCc2ccccc2)CC(=O)Nc2ccc(C)c(Cl)c2)cc1C. The normalized spacial score (nSPS) is 11.4. The molecule has 33 heavy (non-hydrogen) atoms. The number of aryl methyl sites for hydroxylation is 2. The molecule has 0 aromatic heterocycles. The number of anilines is 1. The van der Waals surface area contributed by atoms with Crippen LogP contribution in [0.3, 0.4) is 0 Å². The number of carbonyl (C=O) groups is 1. The third-order valence-electron chi connectivity index (χ3n) is 5.27. The van der Waals surface area contributed by atoms with E-state index in [-0.39, 0.29) is 18.0 Å². The number of hydrogen-bond donors (Lipinski definition) is 1. The quantitative estimate of drug-likeness (QED) is 0.469. The minimum absolute atomic E-state index is 0.111. The van der Waals surface area contributed by atoms with Crippen molar-refractivity contribution in [3.05, 3.63) is 88.4 Å². The number of benzene rings is 3. The summed E-state index contributed by atoms with van der Waals surface area (Å²) in [6.07, 6.45) is 0.471. The first-order valence-electron chi connectivity index (χ1n) is 10.5. The molecule has 0 heterocycles. The second kappa shape index (κ2) is 10.8. The molecule has 1 amide bonds. The van der Waals surface area contributed by atoms with Gasteiger partial charge < -0.3 is 10.1 Å². The van der Waals surface area contributed by atoms with Crippen molar-refractivity contribution in [2.75, 3.05) is 25.5 Å². The van der Waals surface area contributed by atoms with Gasteiger partial charge in [0.05, 0.1) is 18.6 Å². The largest absolute Gasteiger partial charge is 0.496 e. The number of nitrogens with zero attached hydrogens (tertiary/aromatic N) is 1. The van der Waals surface area contributed by atoms with Crippen LogP contribution >= 0.6 is 11.6 Å². The third-order valence-corrected chi connectivity index (χ3v) is 7.52. The molecule has 6 nitrogen and oxygen atoms in total. The molecule has 8 heteroatoms. The lowest BCUT2D eigenvalue weighted by Crippen LogP contribution is -2.39. The molecule has 3 aromatic carbocycles. The molecule has 0 aliphatic heterocycles. The number of sulfonamides is 1. The highest BCUT2D eigenvalue weighted by Crippen LogP contribution is 2.24. The molecule has 0 atom stereocenters. The van der Waals surface area contributed by atoms with Crippen molar-refractivity contribution in [2.24, 2.45) is 0 Å². The Morgan fingerprint density at radius 3 is 2.36 bits per heavy atom. The number of methoxy groups -OCH3 is 1. The van der Waals surface area contributed by atoms with E-state index in [4.69, 9.17) is 16.3 Å². The second-order valence-corrected chi connectivity index (χ2v) is 10.1. The van der Waals surface area contributed by atoms with Crippen molar-refractivity contribution >= 4 is 33.2 Å². The van der Waals surface area contributed by atoms with E-state index in [9.17, 15) is 13.2 Å². The molecule has 0 aliphatic carbocycles. The smallest absolute Gasteiger partial charge is 0.243 e. The molecule has 0 bridgehead atoms. The van der Waals surface area contributed by atoms with Gasteiger partial charge in [0, 0.05) is 17.3 Å². The Morgan fingerprint density at radius 1 is 1.00 bits per heavy atom. The molecule has 3 aromatic rings. The molecule has 0 saturated heterocycles. The van der Waals surface area contributed by atoms with Gasteiger partial charge in [-0.3, -0.25) is 4.79 Å². The highest BCUT2D eigenvalue weighted by atomic mass is 35.5. The summed E-state index contributed by atoms with van der Waals surface area (Å²) in [6.45, 7) is 3.47. The van der Waals surface area contributed by atoms with Gasteiger partial charge in [0.2, 0.25) is 15.9 Å². The Morgan fingerprint density at radius 2 is 1.73 bits per heavy atom. The van der Waals surface area contributed by atoms with Crippen LogP contribution in [-0.2, 0) is 21.2 Å². The first-order valence-corrected chi connectivity index (χ1v) is 12.3. The van der Waals surface area contributed by atoms with Crippen LogP contribution in [0.25, 0.3) is 0 Å². The maximum absolute atomic E-state index is 13.5. The fourth-order valence-electron chi connectivity index (χ4n) is 3.37. The summed E-state index contributed by atoms with van der Waals surface area (Å²) >= 11 is 6.14. The first-order chi connectivity index (χ1) is 15.7. The predicted molar refractivity (Wildman–Crippen MR) is 131 cm³/mol. The molecule has 1 N–H and O–H groups in total. The zero-order valence-corrected chi connectivity index (χ0v) is 20.4. The average Bonchev–Trinajstić information content (AvgIpc) is 2.79. The van der Waals surface area contributed by atoms with Gasteiger partial charge in [0.25, 0.3) is 0 Å². The van der Waals surface area contributed by atoms with Crippen LogP contribution in [0.5, 0.6) is 5.75 Å². The molecular formula is C25H27ClN2O4S. The lowest BCUT2D eigenvalue weighted by Gasteiger charge is -2.22. The predicted octanol–water partition coefficient (Wildman–Crippen LogP) is 4.84. The van der Waals surface area contributed by atoms with Crippen molar-refractivity contribution in [1.82, 2.24) is 4.31 Å². The molecule has 0 radical (unpaired) electrons. The molecule has 0 saturated carbocycles. The standard InChI is InChI=1S/C25H27ClN2O4S/c1-18-9-10-21(16-23(18)26)27-25(29)17-28(14-13-20-7-5-4-6-8-20)33(30,31)22-11-12-24(32-3)19(2)15-22/h4-12,15-16H,13-14,17H2,1-3H3,(H,27,29). The molecule has 0 fully saturated rings. The summed E-state index contributed by atoms with van der Waals surface area (Å²) in [5.41, 5.74) is 3.07. The van der Waals surface area contributed by atoms with Gasteiger partial charge in [-0.25, -0.2) is 8.42 Å². The van der Waals surface area contributed by atoms with Gasteiger partial charge in [-0.05, 0) is 67.3 Å². The van der Waals surface area contributed by atoms with Crippen LogP contribution in [0.1, 0.15) is 16.7 Å². The molecule has 3 rings (SSSR count). The highest BCUT2D eigenvalue weighted by molar-refractivity contribution is 7.89. The second-order valence-electron chi connectivity index (χ2n) is 7.72. The zero-order valence-electron chi connectivity index (χ0n) is 18.8. The van der Waals surface area contributed by atoms with Gasteiger partial charge >= 0.3 is 0 Å². The van der Waals surface area contributed by atoms with Crippen molar-refractivity contribution < 1.29 is 17.9 Å². The number of carbonyl (C=O) groups excluding carboxylic acids is 1. The summed E-state index contributed by atoms with van der Waals surface area (Å²) in [7, 11) is -2.40. The van der Waals surface area contributed by atoms with E-state index >= 15 is 0 Å². The monoisotopic (exact) mass is 486 g/mol. The molecule has 0 spiro atoms. The van der Waals surface area contributed by atoms with Gasteiger partial charge in [0.1, 0.15) is 5.75 Å². The van der Waals surface area contributed by atoms with Crippen molar-refractivity contribution in [2.45, 2.75) is 25.2 Å². The van der Waals surface area contributed by atoms with Crippen LogP contribution in [0, 0.1) is 13.8 Å². The lowest BCUT2D eigenvalue weighted by atomic mass is 10.1. The third kappa shape index (κ3) is 6.35. The van der Waals surface area contributed by atoms with Crippen LogP contribution in [0.15, 0.2) is 71.6 Å². The Hall–Kier alpha value is -2.87. The Bertz CT molecular complexity index is 1230. The van der Waals surface area contributed by atoms with Crippen LogP contribution in [0.4, 0.5) is 5.69 Å². The van der Waals surface area contributed by atoms with Gasteiger partial charge in [-0.2, -0.15) is 4.31 Å². The van der Waals surface area contributed by atoms with E-state index < -0.39 is 15.9 Å². The van der Waals surface area contributed by atoms with Crippen molar-refractivity contribution in [3.63, 3.8) is 0 Å². The molecular weight excluding hydrogens is 460 g/mol. The Balaban J connectivity index is 1.85. The summed E-state index contributed by atoms with van der Waals surface area (Å²) in [6, 6.07) is 19.4. The van der Waals surface area contributed by atoms with Gasteiger partial charge in [-0.1, -0.05) is 48.0 Å². The Kier molecular flexibility index (Phi) is 8.13. The minimum Gasteiger partial charge on any atom is -0.496 e. The van der Waals surface area contributed by atoms with E-state index in [2.05, 4.69) is 5.32 Å². The lowest BCUT2D eigenvalue weighted by molar-refractivity contribution is -0.116. The fraction of sp³-hybridized carbons (Fsp3) is 0.240. The number of halogens is 1. The zero-order chi connectivity index (χ0) is 24.0. The summed E-state index contributed by atoms with van der Waals surface area (Å²) in [5, 5.41) is 3.27. The number of amides is 1. The Labute approximate surface area is 200 Å². The average molecular weight is 487 g/mol. The molecule has 0 aliphatic rings. The maximum Gasteiger partial charge on any atom is 0.243 e. The van der Waals surface area contributed by atoms with E-state index in [0.29, 0.717) is 28.4 Å². The van der Waals surface area contributed by atoms with Crippen LogP contribution in [0.2, 0.25) is 5.02 Å². The summed E-state index contributed by atoms with van der Waals surface area (Å²) < 4.78 is 33.4. The van der Waals surface area contributed by atoms with Crippen molar-refractivity contribution in [1.29, 1.82) is 0 Å². The summed E-state index contributed by atoms with van der Waals surface area (Å²) in [5.74, 6) is 0.149. The van der Waals surface area contributed by atoms with Gasteiger partial charge in [0.15, 0.2) is 0 Å². The number of nitrogens with one attached hydrogen (secondary N) is 1. The maximum atomic E-state index is 13.5. The minimum atomic E-state index is -3.93. The van der Waals surface area contributed by atoms with E-state index in [1.165, 1.54) is 17.5 Å². The van der Waals surface area contributed by atoms with Crippen LogP contribution in [-0.4, -0.2) is 38.8 Å². The van der Waals surface area contributed by atoms with Crippen molar-refractivity contribution in [3.8, 4) is 5.75 Å². The molecule has 0 unspecified atom stereocenters. The first kappa shape index (κ1) is 24.8. The number of ether oxygens (including phenoxy) is 1. The van der Waals surface area contributed by atoms with E-state index in [1.807, 2.05) is 37.3 Å². The topological polar surface area (TPSA) is 75.7 Å². The number of rotatable bonds is 9. The van der Waals surface area contributed by atoms with E-state index in [1.54, 1.807) is 37.3 Å². The summed E-state index contributed by atoms with van der Waals surface area (Å²) in [4.78, 5) is 12.9. The molecule has 174 valence electrons. The van der Waals surface area contributed by atoms with E-state index in [0.717, 1.165) is 11.1 Å². The van der Waals surface area contributed by atoms with Crippen LogP contribution < -0.4 is 10.1 Å².